The van der Waals surface area contributed by atoms with Gasteiger partial charge in [0, 0.05) is 42.5 Å². The van der Waals surface area contributed by atoms with E-state index in [0.29, 0.717) is 48.7 Å². The lowest BCUT2D eigenvalue weighted by atomic mass is 9.94. The van der Waals surface area contributed by atoms with Crippen molar-refractivity contribution in [2.24, 2.45) is 0 Å². The van der Waals surface area contributed by atoms with Gasteiger partial charge in [0.15, 0.2) is 0 Å². The molecule has 0 saturated carbocycles. The predicted octanol–water partition coefficient (Wildman–Crippen LogP) is 4.26. The van der Waals surface area contributed by atoms with Crippen LogP contribution in [-0.2, 0) is 19.5 Å². The number of methoxy groups -OCH3 is 2. The summed E-state index contributed by atoms with van der Waals surface area (Å²) in [7, 11) is 3.12. The molecule has 35 heavy (non-hydrogen) atoms. The molecule has 1 N–H and O–H groups in total. The summed E-state index contributed by atoms with van der Waals surface area (Å²) >= 11 is 1.55. The summed E-state index contributed by atoms with van der Waals surface area (Å²) in [5.41, 5.74) is 5.22. The van der Waals surface area contributed by atoms with Crippen LogP contribution in [0.1, 0.15) is 43.1 Å². The van der Waals surface area contributed by atoms with Crippen molar-refractivity contribution in [3.8, 4) is 11.5 Å². The van der Waals surface area contributed by atoms with Gasteiger partial charge in [-0.2, -0.15) is 0 Å². The quantitative estimate of drug-likeness (QED) is 0.498. The maximum atomic E-state index is 13.3. The fourth-order valence-corrected chi connectivity index (χ4v) is 4.97. The Labute approximate surface area is 209 Å². The Bertz CT molecular complexity index is 1260. The van der Waals surface area contributed by atoms with Gasteiger partial charge >= 0.3 is 0 Å². The topological polar surface area (TPSA) is 80.8 Å². The molecule has 1 aliphatic heterocycles. The highest BCUT2D eigenvalue weighted by Crippen LogP contribution is 2.29. The molecule has 7 nitrogen and oxygen atoms in total. The smallest absolute Gasteiger partial charge is 0.257 e. The summed E-state index contributed by atoms with van der Waals surface area (Å²) in [5, 5.41) is 3.07. The molecule has 0 unspecified atom stereocenters. The van der Waals surface area contributed by atoms with Crippen LogP contribution in [0.5, 0.6) is 11.5 Å². The van der Waals surface area contributed by atoms with Crippen molar-refractivity contribution in [2.45, 2.75) is 31.3 Å². The van der Waals surface area contributed by atoms with E-state index in [1.807, 2.05) is 43.6 Å². The molecule has 2 aromatic carbocycles. The van der Waals surface area contributed by atoms with Crippen LogP contribution in [0.3, 0.4) is 0 Å². The number of benzene rings is 2. The number of rotatable bonds is 7. The zero-order valence-electron chi connectivity index (χ0n) is 20.4. The van der Waals surface area contributed by atoms with Crippen LogP contribution in [0.2, 0.25) is 0 Å². The minimum absolute atomic E-state index is 0.0979. The van der Waals surface area contributed by atoms with Gasteiger partial charge in [0.2, 0.25) is 0 Å². The zero-order chi connectivity index (χ0) is 24.9. The number of thioether (sulfide) groups is 1. The molecule has 0 atom stereocenters. The highest BCUT2D eigenvalue weighted by Gasteiger charge is 2.27. The van der Waals surface area contributed by atoms with E-state index in [0.717, 1.165) is 27.3 Å². The number of carbonyl (C=O) groups excluding carboxylic acids is 2. The minimum Gasteiger partial charge on any atom is -0.497 e. The van der Waals surface area contributed by atoms with Gasteiger partial charge in [-0.15, -0.1) is 11.8 Å². The van der Waals surface area contributed by atoms with Gasteiger partial charge < -0.3 is 19.7 Å². The summed E-state index contributed by atoms with van der Waals surface area (Å²) in [6.45, 7) is 3.37. The lowest BCUT2D eigenvalue weighted by Crippen LogP contribution is -2.37. The first kappa shape index (κ1) is 24.6. The molecule has 3 aromatic rings. The van der Waals surface area contributed by atoms with Crippen molar-refractivity contribution >= 4 is 23.6 Å². The highest BCUT2D eigenvalue weighted by molar-refractivity contribution is 7.98. The monoisotopic (exact) mass is 491 g/mol. The normalized spacial score (nSPS) is 12.6. The molecule has 1 aliphatic rings. The number of carbonyl (C=O) groups is 2. The number of aryl methyl sites for hydroxylation is 1. The fourth-order valence-electron chi connectivity index (χ4n) is 4.37. The van der Waals surface area contributed by atoms with Crippen molar-refractivity contribution in [1.82, 2.24) is 15.2 Å². The first-order valence-electron chi connectivity index (χ1n) is 11.4. The molecule has 2 heterocycles. The highest BCUT2D eigenvalue weighted by atomic mass is 32.2. The van der Waals surface area contributed by atoms with Crippen LogP contribution in [0.15, 0.2) is 53.6 Å². The van der Waals surface area contributed by atoms with Crippen molar-refractivity contribution in [3.63, 3.8) is 0 Å². The van der Waals surface area contributed by atoms with E-state index in [1.165, 1.54) is 0 Å². The van der Waals surface area contributed by atoms with Crippen LogP contribution in [0.25, 0.3) is 0 Å². The Morgan fingerprint density at radius 3 is 2.66 bits per heavy atom. The summed E-state index contributed by atoms with van der Waals surface area (Å²) in [4.78, 5) is 33.5. The van der Waals surface area contributed by atoms with E-state index in [2.05, 4.69) is 10.3 Å². The van der Waals surface area contributed by atoms with Crippen LogP contribution >= 0.6 is 11.8 Å². The number of aromatic nitrogens is 1. The number of nitrogens with one attached hydrogen (secondary N) is 1. The molecule has 0 spiro atoms. The standard InChI is InChI=1S/C27H29N3O4S/c1-17-23(15-29-26(31)22-7-5-6-8-25(22)35-4)20-11-12-30(16-18(20)14-28-17)27(32)21-10-9-19(33-2)13-24(21)34-3/h5-10,13-14H,11-12,15-16H2,1-4H3,(H,29,31). The third-order valence-electron chi connectivity index (χ3n) is 6.30. The fraction of sp³-hybridized carbons (Fsp3) is 0.296. The lowest BCUT2D eigenvalue weighted by molar-refractivity contribution is 0.0730. The SMILES string of the molecule is COc1ccc(C(=O)N2CCc3c(cnc(C)c3CNC(=O)c3ccccc3SC)C2)c(OC)c1. The molecule has 4 rings (SSSR count). The first-order valence-corrected chi connectivity index (χ1v) is 12.6. The van der Waals surface area contributed by atoms with Crippen molar-refractivity contribution in [1.29, 1.82) is 0 Å². The van der Waals surface area contributed by atoms with Gasteiger partial charge in [-0.25, -0.2) is 0 Å². The summed E-state index contributed by atoms with van der Waals surface area (Å²) < 4.78 is 10.7. The predicted molar refractivity (Wildman–Crippen MR) is 136 cm³/mol. The number of amides is 2. The maximum absolute atomic E-state index is 13.3. The lowest BCUT2D eigenvalue weighted by Gasteiger charge is -2.31. The van der Waals surface area contributed by atoms with E-state index in [4.69, 9.17) is 9.47 Å². The van der Waals surface area contributed by atoms with Crippen molar-refractivity contribution in [3.05, 3.63) is 82.2 Å². The molecule has 182 valence electrons. The van der Waals surface area contributed by atoms with E-state index in [1.54, 1.807) is 49.1 Å². The Morgan fingerprint density at radius 2 is 1.91 bits per heavy atom. The molecule has 0 bridgehead atoms. The molecular weight excluding hydrogens is 462 g/mol. The summed E-state index contributed by atoms with van der Waals surface area (Å²) in [5.74, 6) is 0.912. The van der Waals surface area contributed by atoms with Gasteiger partial charge in [0.1, 0.15) is 11.5 Å². The van der Waals surface area contributed by atoms with Gasteiger partial charge in [-0.3, -0.25) is 14.6 Å². The zero-order valence-corrected chi connectivity index (χ0v) is 21.2. The molecular formula is C27H29N3O4S. The van der Waals surface area contributed by atoms with Gasteiger partial charge in [0.25, 0.3) is 11.8 Å². The third-order valence-corrected chi connectivity index (χ3v) is 7.10. The number of hydrogen-bond donors (Lipinski definition) is 1. The molecule has 2 amide bonds. The Morgan fingerprint density at radius 1 is 1.11 bits per heavy atom. The average molecular weight is 492 g/mol. The molecule has 0 aliphatic carbocycles. The number of pyridine rings is 1. The molecule has 0 fully saturated rings. The number of nitrogens with zero attached hydrogens (tertiary/aromatic N) is 2. The summed E-state index contributed by atoms with van der Waals surface area (Å²) in [6, 6.07) is 12.8. The second-order valence-electron chi connectivity index (χ2n) is 8.25. The van der Waals surface area contributed by atoms with E-state index in [9.17, 15) is 9.59 Å². The van der Waals surface area contributed by atoms with Crippen molar-refractivity contribution < 1.29 is 19.1 Å². The number of fused-ring (bicyclic) bond motifs is 1. The van der Waals surface area contributed by atoms with Crippen LogP contribution in [0, 0.1) is 6.92 Å². The maximum Gasteiger partial charge on any atom is 0.257 e. The van der Waals surface area contributed by atoms with E-state index in [-0.39, 0.29) is 11.8 Å². The minimum atomic E-state index is -0.105. The Balaban J connectivity index is 1.52. The van der Waals surface area contributed by atoms with Crippen LogP contribution < -0.4 is 14.8 Å². The third kappa shape index (κ3) is 5.12. The molecule has 0 radical (unpaired) electrons. The number of hydrogen-bond acceptors (Lipinski definition) is 6. The number of ether oxygens (including phenoxy) is 2. The largest absolute Gasteiger partial charge is 0.497 e. The average Bonchev–Trinajstić information content (AvgIpc) is 2.91. The van der Waals surface area contributed by atoms with Crippen LogP contribution in [-0.4, -0.2) is 48.7 Å². The second-order valence-corrected chi connectivity index (χ2v) is 9.10. The van der Waals surface area contributed by atoms with Crippen molar-refractivity contribution in [2.75, 3.05) is 27.0 Å². The van der Waals surface area contributed by atoms with Gasteiger partial charge in [-0.1, -0.05) is 12.1 Å². The van der Waals surface area contributed by atoms with E-state index >= 15 is 0 Å². The second kappa shape index (κ2) is 10.8. The van der Waals surface area contributed by atoms with E-state index < -0.39 is 0 Å². The van der Waals surface area contributed by atoms with Crippen LogP contribution in [0.4, 0.5) is 0 Å². The Hall–Kier alpha value is -3.52. The Kier molecular flexibility index (Phi) is 7.60. The first-order chi connectivity index (χ1) is 17.0. The molecule has 8 heteroatoms. The molecule has 1 aromatic heterocycles. The van der Waals surface area contributed by atoms with Gasteiger partial charge in [0.05, 0.1) is 25.3 Å². The summed E-state index contributed by atoms with van der Waals surface area (Å²) in [6.07, 6.45) is 4.49. The van der Waals surface area contributed by atoms with Gasteiger partial charge in [-0.05, 0) is 60.6 Å². The molecule has 0 saturated heterocycles.